The summed E-state index contributed by atoms with van der Waals surface area (Å²) in [5.41, 5.74) is 2.05. The second kappa shape index (κ2) is 9.09. The molecule has 1 aliphatic heterocycles. The summed E-state index contributed by atoms with van der Waals surface area (Å²) < 4.78 is 24.6. The molecule has 2 aromatic carbocycles. The van der Waals surface area contributed by atoms with Gasteiger partial charge in [0.1, 0.15) is 12.4 Å². The van der Waals surface area contributed by atoms with Gasteiger partial charge in [-0.15, -0.1) is 0 Å². The Morgan fingerprint density at radius 3 is 2.50 bits per heavy atom. The first-order chi connectivity index (χ1) is 14.6. The van der Waals surface area contributed by atoms with Crippen LogP contribution in [0.2, 0.25) is 0 Å². The molecule has 1 aliphatic rings. The number of hydrogen-bond donors (Lipinski definition) is 0. The van der Waals surface area contributed by atoms with Gasteiger partial charge in [0.25, 0.3) is 5.91 Å². The molecule has 4 rings (SSSR count). The molecule has 1 aromatic heterocycles. The summed E-state index contributed by atoms with van der Waals surface area (Å²) in [4.78, 5) is 17.1. The van der Waals surface area contributed by atoms with Crippen molar-refractivity contribution in [1.82, 2.24) is 15.0 Å². The molecule has 156 valence electrons. The number of halogens is 1. The maximum atomic E-state index is 13.8. The van der Waals surface area contributed by atoms with E-state index in [1.165, 1.54) is 11.6 Å². The summed E-state index contributed by atoms with van der Waals surface area (Å²) in [6.07, 6.45) is 0. The largest absolute Gasteiger partial charge is 0.486 e. The zero-order valence-electron chi connectivity index (χ0n) is 16.9. The van der Waals surface area contributed by atoms with Crippen molar-refractivity contribution in [3.8, 4) is 5.75 Å². The Morgan fingerprint density at radius 2 is 1.77 bits per heavy atom. The summed E-state index contributed by atoms with van der Waals surface area (Å²) in [6, 6.07) is 16.5. The molecule has 1 fully saturated rings. The van der Waals surface area contributed by atoms with Crippen LogP contribution in [0.15, 0.2) is 59.1 Å². The van der Waals surface area contributed by atoms with Crippen molar-refractivity contribution in [3.05, 3.63) is 83.0 Å². The van der Waals surface area contributed by atoms with Crippen molar-refractivity contribution in [3.63, 3.8) is 0 Å². The van der Waals surface area contributed by atoms with Crippen molar-refractivity contribution >= 4 is 5.91 Å². The summed E-state index contributed by atoms with van der Waals surface area (Å²) in [5, 5.41) is 3.96. The van der Waals surface area contributed by atoms with Crippen LogP contribution in [-0.4, -0.2) is 47.0 Å². The third-order valence-electron chi connectivity index (χ3n) is 5.30. The maximum Gasteiger partial charge on any atom is 0.276 e. The fourth-order valence-electron chi connectivity index (χ4n) is 3.54. The zero-order valence-corrected chi connectivity index (χ0v) is 16.9. The molecule has 2 heterocycles. The fraction of sp³-hybridized carbons (Fsp3) is 0.304. The number of hydrogen-bond acceptors (Lipinski definition) is 5. The van der Waals surface area contributed by atoms with Gasteiger partial charge in [-0.25, -0.2) is 4.39 Å². The molecule has 0 spiro atoms. The van der Waals surface area contributed by atoms with E-state index in [-0.39, 0.29) is 24.0 Å². The summed E-state index contributed by atoms with van der Waals surface area (Å²) in [5.74, 6) is -0.00389. The number of carbonyl (C=O) groups excluding carboxylic acids is 1. The van der Waals surface area contributed by atoms with Crippen LogP contribution >= 0.6 is 0 Å². The number of carbonyl (C=O) groups is 1. The molecule has 0 saturated carbocycles. The van der Waals surface area contributed by atoms with Crippen LogP contribution in [0.5, 0.6) is 5.75 Å². The second-order valence-corrected chi connectivity index (χ2v) is 7.34. The lowest BCUT2D eigenvalue weighted by Gasteiger charge is -2.34. The molecular formula is C23H24FN3O3. The van der Waals surface area contributed by atoms with Gasteiger partial charge in [-0.2, -0.15) is 0 Å². The predicted octanol–water partition coefficient (Wildman–Crippen LogP) is 3.66. The number of nitrogens with zero attached hydrogens (tertiary/aromatic N) is 3. The molecule has 1 amide bonds. The van der Waals surface area contributed by atoms with Crippen LogP contribution in [-0.2, 0) is 13.2 Å². The molecule has 1 saturated heterocycles. The highest BCUT2D eigenvalue weighted by Gasteiger charge is 2.28. The third kappa shape index (κ3) is 4.52. The number of amides is 1. The lowest BCUT2D eigenvalue weighted by atomic mass is 10.1. The topological polar surface area (TPSA) is 58.8 Å². The number of ether oxygens (including phenoxy) is 1. The number of benzene rings is 2. The van der Waals surface area contributed by atoms with Crippen molar-refractivity contribution in [2.24, 2.45) is 0 Å². The van der Waals surface area contributed by atoms with Gasteiger partial charge in [0.05, 0.1) is 5.56 Å². The van der Waals surface area contributed by atoms with Crippen molar-refractivity contribution in [1.29, 1.82) is 0 Å². The maximum absolute atomic E-state index is 13.8. The summed E-state index contributed by atoms with van der Waals surface area (Å²) in [7, 11) is 0. The molecule has 7 heteroatoms. The normalized spacial score (nSPS) is 14.7. The molecule has 0 atom stereocenters. The molecule has 0 N–H and O–H groups in total. The number of para-hydroxylation sites is 1. The standard InChI is InChI=1S/C23H24FN3O3/c1-17-19(16-29-21-10-6-5-9-20(21)24)22(25-30-17)23(28)27-13-11-26(12-14-27)15-18-7-3-2-4-8-18/h2-10H,11-16H2,1H3. The average molecular weight is 409 g/mol. The molecule has 0 bridgehead atoms. The monoisotopic (exact) mass is 409 g/mol. The van der Waals surface area contributed by atoms with Crippen LogP contribution in [0, 0.1) is 12.7 Å². The highest BCUT2D eigenvalue weighted by Crippen LogP contribution is 2.22. The lowest BCUT2D eigenvalue weighted by molar-refractivity contribution is 0.0616. The van der Waals surface area contributed by atoms with E-state index in [4.69, 9.17) is 9.26 Å². The van der Waals surface area contributed by atoms with Gasteiger partial charge in [0.15, 0.2) is 17.3 Å². The first-order valence-corrected chi connectivity index (χ1v) is 10.00. The molecule has 0 radical (unpaired) electrons. The van der Waals surface area contributed by atoms with Gasteiger partial charge in [-0.1, -0.05) is 47.6 Å². The Hall–Kier alpha value is -3.19. The van der Waals surface area contributed by atoms with E-state index in [2.05, 4.69) is 22.2 Å². The number of aromatic nitrogens is 1. The quantitative estimate of drug-likeness (QED) is 0.622. The summed E-state index contributed by atoms with van der Waals surface area (Å²) in [6.45, 7) is 5.42. The van der Waals surface area contributed by atoms with Gasteiger partial charge in [-0.05, 0) is 24.6 Å². The minimum Gasteiger partial charge on any atom is -0.486 e. The smallest absolute Gasteiger partial charge is 0.276 e. The zero-order chi connectivity index (χ0) is 20.9. The molecule has 6 nitrogen and oxygen atoms in total. The Kier molecular flexibility index (Phi) is 6.09. The van der Waals surface area contributed by atoms with Crippen molar-refractivity contribution in [2.75, 3.05) is 26.2 Å². The van der Waals surface area contributed by atoms with Gasteiger partial charge in [-0.3, -0.25) is 9.69 Å². The first kappa shape index (κ1) is 20.1. The van der Waals surface area contributed by atoms with Crippen molar-refractivity contribution < 1.29 is 18.4 Å². The first-order valence-electron chi connectivity index (χ1n) is 10.00. The highest BCUT2D eigenvalue weighted by molar-refractivity contribution is 5.93. The van der Waals surface area contributed by atoms with E-state index in [9.17, 15) is 9.18 Å². The van der Waals surface area contributed by atoms with Gasteiger partial charge in [0, 0.05) is 32.7 Å². The molecule has 0 aliphatic carbocycles. The van der Waals surface area contributed by atoms with Crippen LogP contribution in [0.25, 0.3) is 0 Å². The van der Waals surface area contributed by atoms with E-state index in [1.807, 2.05) is 18.2 Å². The Labute approximate surface area is 174 Å². The molecule has 0 unspecified atom stereocenters. The van der Waals surface area contributed by atoms with E-state index in [0.717, 1.165) is 19.6 Å². The van der Waals surface area contributed by atoms with E-state index in [1.54, 1.807) is 30.0 Å². The minimum atomic E-state index is -0.450. The third-order valence-corrected chi connectivity index (χ3v) is 5.30. The van der Waals surface area contributed by atoms with Crippen LogP contribution in [0.3, 0.4) is 0 Å². The van der Waals surface area contributed by atoms with E-state index in [0.29, 0.717) is 24.4 Å². The van der Waals surface area contributed by atoms with Gasteiger partial charge < -0.3 is 14.2 Å². The number of aryl methyl sites for hydroxylation is 1. The Bertz CT molecular complexity index is 998. The van der Waals surface area contributed by atoms with Gasteiger partial charge >= 0.3 is 0 Å². The van der Waals surface area contributed by atoms with Crippen molar-refractivity contribution in [2.45, 2.75) is 20.1 Å². The second-order valence-electron chi connectivity index (χ2n) is 7.34. The van der Waals surface area contributed by atoms with Gasteiger partial charge in [0.2, 0.25) is 0 Å². The summed E-state index contributed by atoms with van der Waals surface area (Å²) >= 11 is 0. The highest BCUT2D eigenvalue weighted by atomic mass is 19.1. The van der Waals surface area contributed by atoms with Crippen LogP contribution in [0.4, 0.5) is 4.39 Å². The molecule has 30 heavy (non-hydrogen) atoms. The Balaban J connectivity index is 1.38. The average Bonchev–Trinajstić information content (AvgIpc) is 3.14. The molecule has 3 aromatic rings. The minimum absolute atomic E-state index is 0.0192. The Morgan fingerprint density at radius 1 is 1.07 bits per heavy atom. The number of piperazine rings is 1. The van der Waals surface area contributed by atoms with Crippen LogP contribution < -0.4 is 4.74 Å². The lowest BCUT2D eigenvalue weighted by Crippen LogP contribution is -2.48. The van der Waals surface area contributed by atoms with Crippen LogP contribution in [0.1, 0.15) is 27.4 Å². The molecular weight excluding hydrogens is 385 g/mol. The SMILES string of the molecule is Cc1onc(C(=O)N2CCN(Cc3ccccc3)CC2)c1COc1ccccc1F. The van der Waals surface area contributed by atoms with E-state index < -0.39 is 5.82 Å². The predicted molar refractivity (Wildman–Crippen MR) is 110 cm³/mol. The number of rotatable bonds is 6. The fourth-order valence-corrected chi connectivity index (χ4v) is 3.54. The van der Waals surface area contributed by atoms with E-state index >= 15 is 0 Å².